The number of aryl methyl sites for hydroxylation is 2. The van der Waals surface area contributed by atoms with Crippen molar-refractivity contribution in [2.24, 2.45) is 11.7 Å². The van der Waals surface area contributed by atoms with E-state index in [1.165, 1.54) is 11.6 Å². The number of halogens is 1. The van der Waals surface area contributed by atoms with Crippen LogP contribution in [0.15, 0.2) is 28.9 Å². The highest BCUT2D eigenvalue weighted by molar-refractivity contribution is 9.10. The van der Waals surface area contributed by atoms with Crippen molar-refractivity contribution in [2.45, 2.75) is 38.5 Å². The molecule has 24 heavy (non-hydrogen) atoms. The van der Waals surface area contributed by atoms with Gasteiger partial charge in [0.2, 0.25) is 0 Å². The fraction of sp³-hybridized carbons (Fsp3) is 0.421. The SMILES string of the molecule is CCC(CCN)C1c2ncc(Br)cc2CCc2cc(O)cc(O)c21. The summed E-state index contributed by atoms with van der Waals surface area (Å²) in [5.74, 6) is 0.564. The first-order valence-electron chi connectivity index (χ1n) is 8.44. The van der Waals surface area contributed by atoms with E-state index in [-0.39, 0.29) is 17.4 Å². The summed E-state index contributed by atoms with van der Waals surface area (Å²) < 4.78 is 0.963. The number of hydrogen-bond acceptors (Lipinski definition) is 4. The molecule has 1 heterocycles. The molecule has 1 aliphatic rings. The van der Waals surface area contributed by atoms with Crippen LogP contribution < -0.4 is 5.73 Å². The van der Waals surface area contributed by atoms with Crippen molar-refractivity contribution < 1.29 is 10.2 Å². The van der Waals surface area contributed by atoms with Crippen LogP contribution >= 0.6 is 15.9 Å². The zero-order valence-corrected chi connectivity index (χ0v) is 15.4. The number of phenolic OH excluding ortho intramolecular Hbond substituents is 2. The molecule has 2 unspecified atom stereocenters. The first-order chi connectivity index (χ1) is 11.5. The van der Waals surface area contributed by atoms with E-state index < -0.39 is 0 Å². The molecule has 3 rings (SSSR count). The molecule has 128 valence electrons. The normalized spacial score (nSPS) is 17.7. The smallest absolute Gasteiger partial charge is 0.123 e. The van der Waals surface area contributed by atoms with E-state index in [0.717, 1.165) is 47.0 Å². The number of aromatic nitrogens is 1. The van der Waals surface area contributed by atoms with Crippen LogP contribution in [0.2, 0.25) is 0 Å². The van der Waals surface area contributed by atoms with Gasteiger partial charge in [-0.25, -0.2) is 0 Å². The molecule has 4 N–H and O–H groups in total. The van der Waals surface area contributed by atoms with Gasteiger partial charge in [0.15, 0.2) is 0 Å². The lowest BCUT2D eigenvalue weighted by molar-refractivity contribution is 0.395. The average molecular weight is 391 g/mol. The summed E-state index contributed by atoms with van der Waals surface area (Å²) in [5.41, 5.74) is 9.97. The van der Waals surface area contributed by atoms with Gasteiger partial charge in [0.1, 0.15) is 11.5 Å². The van der Waals surface area contributed by atoms with Crippen LogP contribution in [0.25, 0.3) is 0 Å². The van der Waals surface area contributed by atoms with Gasteiger partial charge in [0, 0.05) is 28.2 Å². The maximum Gasteiger partial charge on any atom is 0.123 e. The highest BCUT2D eigenvalue weighted by Crippen LogP contribution is 2.45. The fourth-order valence-electron chi connectivity index (χ4n) is 3.90. The zero-order chi connectivity index (χ0) is 17.3. The predicted octanol–water partition coefficient (Wildman–Crippen LogP) is 3.86. The second-order valence-electron chi connectivity index (χ2n) is 6.46. The van der Waals surface area contributed by atoms with Crippen LogP contribution in [0, 0.1) is 5.92 Å². The maximum atomic E-state index is 10.6. The van der Waals surface area contributed by atoms with Crippen LogP contribution in [0.4, 0.5) is 0 Å². The molecular weight excluding hydrogens is 368 g/mol. The van der Waals surface area contributed by atoms with Gasteiger partial charge in [-0.15, -0.1) is 0 Å². The van der Waals surface area contributed by atoms with Gasteiger partial charge in [0.25, 0.3) is 0 Å². The molecule has 0 aliphatic heterocycles. The minimum atomic E-state index is -0.000231. The minimum absolute atomic E-state index is 0.000231. The van der Waals surface area contributed by atoms with Gasteiger partial charge >= 0.3 is 0 Å². The second kappa shape index (κ2) is 7.11. The number of benzene rings is 1. The summed E-state index contributed by atoms with van der Waals surface area (Å²) in [5, 5.41) is 20.5. The molecular formula is C19H23BrN2O2. The Labute approximate surface area is 150 Å². The predicted molar refractivity (Wildman–Crippen MR) is 98.4 cm³/mol. The number of nitrogens with zero attached hydrogens (tertiary/aromatic N) is 1. The van der Waals surface area contributed by atoms with Crippen molar-refractivity contribution in [1.82, 2.24) is 4.98 Å². The summed E-state index contributed by atoms with van der Waals surface area (Å²) >= 11 is 3.51. The number of aromatic hydroxyl groups is 2. The summed E-state index contributed by atoms with van der Waals surface area (Å²) in [6, 6.07) is 5.33. The number of pyridine rings is 1. The van der Waals surface area contributed by atoms with Crippen molar-refractivity contribution in [2.75, 3.05) is 6.54 Å². The van der Waals surface area contributed by atoms with E-state index in [1.807, 2.05) is 6.20 Å². The van der Waals surface area contributed by atoms with Gasteiger partial charge in [0.05, 0.1) is 5.69 Å². The van der Waals surface area contributed by atoms with Gasteiger partial charge in [-0.2, -0.15) is 0 Å². The molecule has 1 aliphatic carbocycles. The molecule has 2 atom stereocenters. The quantitative estimate of drug-likeness (QED) is 0.740. The number of nitrogens with two attached hydrogens (primary N) is 1. The molecule has 0 radical (unpaired) electrons. The van der Waals surface area contributed by atoms with E-state index >= 15 is 0 Å². The molecule has 1 aromatic carbocycles. The van der Waals surface area contributed by atoms with E-state index in [4.69, 9.17) is 10.7 Å². The van der Waals surface area contributed by atoms with Crippen molar-refractivity contribution in [3.8, 4) is 11.5 Å². The standard InChI is InChI=1S/C19H23BrN2O2/c1-2-11(5-6-21)18-17-12(8-15(23)9-16(17)24)3-4-13-7-14(20)10-22-19(13)18/h7-11,18,23-24H,2-6,21H2,1H3. The Kier molecular flexibility index (Phi) is 5.11. The number of fused-ring (bicyclic) bond motifs is 2. The van der Waals surface area contributed by atoms with Gasteiger partial charge < -0.3 is 15.9 Å². The summed E-state index contributed by atoms with van der Waals surface area (Å²) in [4.78, 5) is 4.71. The molecule has 4 nitrogen and oxygen atoms in total. The van der Waals surface area contributed by atoms with Crippen molar-refractivity contribution in [3.63, 3.8) is 0 Å². The number of rotatable bonds is 4. The van der Waals surface area contributed by atoms with E-state index in [0.29, 0.717) is 12.5 Å². The van der Waals surface area contributed by atoms with Gasteiger partial charge in [-0.05, 0) is 70.9 Å². The lowest BCUT2D eigenvalue weighted by atomic mass is 9.77. The van der Waals surface area contributed by atoms with Crippen LogP contribution in [-0.4, -0.2) is 21.7 Å². The topological polar surface area (TPSA) is 79.4 Å². The van der Waals surface area contributed by atoms with Crippen molar-refractivity contribution in [3.05, 3.63) is 51.3 Å². The zero-order valence-electron chi connectivity index (χ0n) is 13.8. The first kappa shape index (κ1) is 17.2. The van der Waals surface area contributed by atoms with E-state index in [2.05, 4.69) is 28.9 Å². The lowest BCUT2D eigenvalue weighted by Gasteiger charge is -2.28. The Morgan fingerprint density at radius 2 is 2.00 bits per heavy atom. The van der Waals surface area contributed by atoms with Crippen LogP contribution in [0.3, 0.4) is 0 Å². The molecule has 5 heteroatoms. The number of hydrogen-bond donors (Lipinski definition) is 3. The fourth-order valence-corrected chi connectivity index (χ4v) is 4.28. The third kappa shape index (κ3) is 3.15. The molecule has 2 aromatic rings. The molecule has 1 aromatic heterocycles. The Morgan fingerprint density at radius 3 is 2.71 bits per heavy atom. The van der Waals surface area contributed by atoms with E-state index in [9.17, 15) is 10.2 Å². The molecule has 0 bridgehead atoms. The third-order valence-electron chi connectivity index (χ3n) is 5.00. The molecule has 0 fully saturated rings. The Bertz CT molecular complexity index is 748. The molecule has 0 amide bonds. The molecule has 0 spiro atoms. The minimum Gasteiger partial charge on any atom is -0.508 e. The third-order valence-corrected chi connectivity index (χ3v) is 5.43. The maximum absolute atomic E-state index is 10.6. The van der Waals surface area contributed by atoms with Crippen molar-refractivity contribution >= 4 is 15.9 Å². The van der Waals surface area contributed by atoms with Crippen molar-refractivity contribution in [1.29, 1.82) is 0 Å². The van der Waals surface area contributed by atoms with E-state index in [1.54, 1.807) is 6.07 Å². The summed E-state index contributed by atoms with van der Waals surface area (Å²) in [6.07, 6.45) is 5.27. The Balaban J connectivity index is 2.23. The number of phenols is 2. The second-order valence-corrected chi connectivity index (χ2v) is 7.37. The summed E-state index contributed by atoms with van der Waals surface area (Å²) in [7, 11) is 0. The first-order valence-corrected chi connectivity index (χ1v) is 9.23. The lowest BCUT2D eigenvalue weighted by Crippen LogP contribution is -2.20. The highest BCUT2D eigenvalue weighted by Gasteiger charge is 2.33. The van der Waals surface area contributed by atoms with Gasteiger partial charge in [-0.3, -0.25) is 4.98 Å². The monoisotopic (exact) mass is 390 g/mol. The van der Waals surface area contributed by atoms with Gasteiger partial charge in [-0.1, -0.05) is 13.3 Å². The summed E-state index contributed by atoms with van der Waals surface area (Å²) in [6.45, 7) is 2.76. The Hall–Kier alpha value is -1.59. The molecule has 0 saturated heterocycles. The van der Waals surface area contributed by atoms with Crippen LogP contribution in [-0.2, 0) is 12.8 Å². The van der Waals surface area contributed by atoms with Crippen LogP contribution in [0.1, 0.15) is 48.1 Å². The largest absolute Gasteiger partial charge is 0.508 e. The van der Waals surface area contributed by atoms with Crippen LogP contribution in [0.5, 0.6) is 11.5 Å². The molecule has 0 saturated carbocycles. The average Bonchev–Trinajstić information content (AvgIpc) is 2.69. The highest BCUT2D eigenvalue weighted by atomic mass is 79.9. The Morgan fingerprint density at radius 1 is 1.25 bits per heavy atom.